The third kappa shape index (κ3) is 2.36. The lowest BCUT2D eigenvalue weighted by atomic mass is 10.0. The standard InChI is InChI=1S/C12H18N2O2S/c1-12(2)10-13-8-9-14(12)17(15,16)11-6-4-3-5-7-11/h3-7,13H,8-10H2,1-2H3. The molecule has 17 heavy (non-hydrogen) atoms. The lowest BCUT2D eigenvalue weighted by Gasteiger charge is -2.41. The highest BCUT2D eigenvalue weighted by molar-refractivity contribution is 7.89. The van der Waals surface area contributed by atoms with Gasteiger partial charge >= 0.3 is 0 Å². The van der Waals surface area contributed by atoms with Gasteiger partial charge in [-0.1, -0.05) is 18.2 Å². The molecule has 1 aliphatic rings. The summed E-state index contributed by atoms with van der Waals surface area (Å²) in [6.45, 7) is 5.79. The summed E-state index contributed by atoms with van der Waals surface area (Å²) >= 11 is 0. The number of sulfonamides is 1. The van der Waals surface area contributed by atoms with Crippen molar-refractivity contribution in [3.8, 4) is 0 Å². The Morgan fingerprint density at radius 1 is 1.24 bits per heavy atom. The molecule has 0 aliphatic carbocycles. The number of benzene rings is 1. The maximum atomic E-state index is 12.5. The molecule has 1 N–H and O–H groups in total. The van der Waals surface area contributed by atoms with Gasteiger partial charge in [0.25, 0.3) is 0 Å². The van der Waals surface area contributed by atoms with Crippen LogP contribution in [0.2, 0.25) is 0 Å². The third-order valence-corrected chi connectivity index (χ3v) is 5.18. The van der Waals surface area contributed by atoms with Crippen molar-refractivity contribution in [2.75, 3.05) is 19.6 Å². The largest absolute Gasteiger partial charge is 0.314 e. The van der Waals surface area contributed by atoms with Crippen molar-refractivity contribution in [3.63, 3.8) is 0 Å². The first-order valence-electron chi connectivity index (χ1n) is 5.73. The zero-order valence-electron chi connectivity index (χ0n) is 10.2. The van der Waals surface area contributed by atoms with Gasteiger partial charge in [-0.25, -0.2) is 8.42 Å². The van der Waals surface area contributed by atoms with E-state index in [0.717, 1.165) is 0 Å². The van der Waals surface area contributed by atoms with Gasteiger partial charge in [0.2, 0.25) is 10.0 Å². The van der Waals surface area contributed by atoms with Crippen molar-refractivity contribution in [2.45, 2.75) is 24.3 Å². The second-order valence-corrected chi connectivity index (χ2v) is 6.74. The molecule has 1 aromatic rings. The molecule has 0 spiro atoms. The van der Waals surface area contributed by atoms with Gasteiger partial charge in [0, 0.05) is 25.2 Å². The van der Waals surface area contributed by atoms with Crippen LogP contribution in [0.15, 0.2) is 35.2 Å². The predicted molar refractivity (Wildman–Crippen MR) is 67.3 cm³/mol. The Kier molecular flexibility index (Phi) is 3.25. The number of nitrogens with one attached hydrogen (secondary N) is 1. The van der Waals surface area contributed by atoms with Gasteiger partial charge in [-0.2, -0.15) is 4.31 Å². The molecule has 0 aromatic heterocycles. The molecule has 1 saturated heterocycles. The van der Waals surface area contributed by atoms with E-state index in [1.54, 1.807) is 28.6 Å². The van der Waals surface area contributed by atoms with E-state index < -0.39 is 10.0 Å². The molecule has 1 heterocycles. The van der Waals surface area contributed by atoms with E-state index >= 15 is 0 Å². The first kappa shape index (κ1) is 12.5. The maximum absolute atomic E-state index is 12.5. The Balaban J connectivity index is 2.39. The average Bonchev–Trinajstić information content (AvgIpc) is 2.29. The Hall–Kier alpha value is -0.910. The second kappa shape index (κ2) is 4.40. The van der Waals surface area contributed by atoms with E-state index in [2.05, 4.69) is 5.32 Å². The number of rotatable bonds is 2. The zero-order chi connectivity index (χ0) is 12.5. The first-order chi connectivity index (χ1) is 7.94. The molecule has 0 bridgehead atoms. The summed E-state index contributed by atoms with van der Waals surface area (Å²) in [6.07, 6.45) is 0. The summed E-state index contributed by atoms with van der Waals surface area (Å²) < 4.78 is 26.6. The molecule has 0 atom stereocenters. The summed E-state index contributed by atoms with van der Waals surface area (Å²) in [6, 6.07) is 8.62. The van der Waals surface area contributed by atoms with Crippen molar-refractivity contribution < 1.29 is 8.42 Å². The Morgan fingerprint density at radius 2 is 1.88 bits per heavy atom. The van der Waals surface area contributed by atoms with Gasteiger partial charge in [-0.15, -0.1) is 0 Å². The quantitative estimate of drug-likeness (QED) is 0.858. The van der Waals surface area contributed by atoms with Crippen molar-refractivity contribution in [3.05, 3.63) is 30.3 Å². The first-order valence-corrected chi connectivity index (χ1v) is 7.17. The van der Waals surface area contributed by atoms with Crippen LogP contribution in [-0.4, -0.2) is 37.9 Å². The predicted octanol–water partition coefficient (Wildman–Crippen LogP) is 1.06. The smallest absolute Gasteiger partial charge is 0.243 e. The van der Waals surface area contributed by atoms with Gasteiger partial charge in [0.05, 0.1) is 4.90 Å². The minimum absolute atomic E-state index is 0.370. The monoisotopic (exact) mass is 254 g/mol. The molecule has 2 rings (SSSR count). The molecule has 0 unspecified atom stereocenters. The lowest BCUT2D eigenvalue weighted by Crippen LogP contribution is -2.59. The summed E-state index contributed by atoms with van der Waals surface area (Å²) in [4.78, 5) is 0.370. The van der Waals surface area contributed by atoms with Gasteiger partial charge in [0.1, 0.15) is 0 Å². The highest BCUT2D eigenvalue weighted by Gasteiger charge is 2.38. The molecular weight excluding hydrogens is 236 g/mol. The number of hydrogen-bond acceptors (Lipinski definition) is 3. The molecule has 5 heteroatoms. The van der Waals surface area contributed by atoms with Crippen LogP contribution in [-0.2, 0) is 10.0 Å². The topological polar surface area (TPSA) is 49.4 Å². The molecular formula is C12H18N2O2S. The molecule has 1 aliphatic heterocycles. The molecule has 4 nitrogen and oxygen atoms in total. The van der Waals surface area contributed by atoms with Gasteiger partial charge < -0.3 is 5.32 Å². The third-order valence-electron chi connectivity index (χ3n) is 3.06. The summed E-state index contributed by atoms with van der Waals surface area (Å²) in [5, 5.41) is 3.22. The van der Waals surface area contributed by atoms with Gasteiger partial charge in [0.15, 0.2) is 0 Å². The maximum Gasteiger partial charge on any atom is 0.243 e. The van der Waals surface area contributed by atoms with Crippen molar-refractivity contribution in [2.24, 2.45) is 0 Å². The highest BCUT2D eigenvalue weighted by Crippen LogP contribution is 2.25. The van der Waals surface area contributed by atoms with E-state index in [0.29, 0.717) is 24.5 Å². The fourth-order valence-corrected chi connectivity index (χ4v) is 3.93. The van der Waals surface area contributed by atoms with Crippen molar-refractivity contribution in [1.29, 1.82) is 0 Å². The van der Waals surface area contributed by atoms with E-state index in [-0.39, 0.29) is 5.54 Å². The van der Waals surface area contributed by atoms with Crippen LogP contribution in [0, 0.1) is 0 Å². The van der Waals surface area contributed by atoms with Gasteiger partial charge in [-0.3, -0.25) is 0 Å². The molecule has 0 saturated carbocycles. The number of nitrogens with zero attached hydrogens (tertiary/aromatic N) is 1. The fourth-order valence-electron chi connectivity index (χ4n) is 2.13. The molecule has 1 aromatic carbocycles. The lowest BCUT2D eigenvalue weighted by molar-refractivity contribution is 0.186. The van der Waals surface area contributed by atoms with Crippen LogP contribution in [0.25, 0.3) is 0 Å². The van der Waals surface area contributed by atoms with Crippen molar-refractivity contribution in [1.82, 2.24) is 9.62 Å². The zero-order valence-corrected chi connectivity index (χ0v) is 11.0. The number of hydrogen-bond donors (Lipinski definition) is 1. The highest BCUT2D eigenvalue weighted by atomic mass is 32.2. The molecule has 1 fully saturated rings. The SMILES string of the molecule is CC1(C)CNCCN1S(=O)(=O)c1ccccc1. The van der Waals surface area contributed by atoms with Gasteiger partial charge in [-0.05, 0) is 26.0 Å². The van der Waals surface area contributed by atoms with Crippen LogP contribution in [0.5, 0.6) is 0 Å². The Morgan fingerprint density at radius 3 is 2.47 bits per heavy atom. The van der Waals surface area contributed by atoms with E-state index in [1.807, 2.05) is 19.9 Å². The van der Waals surface area contributed by atoms with Crippen LogP contribution in [0.1, 0.15) is 13.8 Å². The minimum Gasteiger partial charge on any atom is -0.314 e. The van der Waals surface area contributed by atoms with E-state index in [4.69, 9.17) is 0 Å². The fraction of sp³-hybridized carbons (Fsp3) is 0.500. The van der Waals surface area contributed by atoms with E-state index in [9.17, 15) is 8.42 Å². The summed E-state index contributed by atoms with van der Waals surface area (Å²) in [5.41, 5.74) is -0.382. The van der Waals surface area contributed by atoms with Crippen LogP contribution < -0.4 is 5.32 Å². The van der Waals surface area contributed by atoms with Crippen LogP contribution in [0.4, 0.5) is 0 Å². The normalized spacial score (nSPS) is 21.3. The van der Waals surface area contributed by atoms with Crippen LogP contribution in [0.3, 0.4) is 0 Å². The molecule has 0 amide bonds. The molecule has 94 valence electrons. The van der Waals surface area contributed by atoms with Crippen molar-refractivity contribution >= 4 is 10.0 Å². The second-order valence-electron chi connectivity index (χ2n) is 4.88. The minimum atomic E-state index is -3.38. The van der Waals surface area contributed by atoms with E-state index in [1.165, 1.54) is 0 Å². The summed E-state index contributed by atoms with van der Waals surface area (Å²) in [5.74, 6) is 0. The average molecular weight is 254 g/mol. The Bertz CT molecular complexity index is 482. The number of piperazine rings is 1. The Labute approximate surface area is 103 Å². The molecule has 0 radical (unpaired) electrons. The van der Waals surface area contributed by atoms with Crippen LogP contribution >= 0.6 is 0 Å². The summed E-state index contributed by atoms with van der Waals surface area (Å²) in [7, 11) is -3.38.